The lowest BCUT2D eigenvalue weighted by atomic mass is 9.72. The Kier molecular flexibility index (Phi) is 12.7. The van der Waals surface area contributed by atoms with Crippen molar-refractivity contribution in [1.29, 1.82) is 0 Å². The van der Waals surface area contributed by atoms with Crippen molar-refractivity contribution in [2.75, 3.05) is 26.3 Å². The molecule has 1 aliphatic rings. The van der Waals surface area contributed by atoms with E-state index in [2.05, 4.69) is 41.8 Å². The van der Waals surface area contributed by atoms with Crippen LogP contribution in [-0.2, 0) is 17.9 Å². The van der Waals surface area contributed by atoms with Gasteiger partial charge in [0.15, 0.2) is 5.96 Å². The molecule has 3 N–H and O–H groups in total. The van der Waals surface area contributed by atoms with Crippen LogP contribution < -0.4 is 10.6 Å². The molecule has 0 aromatic heterocycles. The Balaban J connectivity index is 0.00000392. The summed E-state index contributed by atoms with van der Waals surface area (Å²) in [6, 6.07) is 8.46. The molecule has 0 bridgehead atoms. The molecule has 1 fully saturated rings. The highest BCUT2D eigenvalue weighted by Crippen LogP contribution is 2.38. The van der Waals surface area contributed by atoms with E-state index >= 15 is 0 Å². The summed E-state index contributed by atoms with van der Waals surface area (Å²) >= 11 is 0. The molecule has 160 valence electrons. The molecule has 0 spiro atoms. The number of hydrogen-bond donors (Lipinski definition) is 3. The van der Waals surface area contributed by atoms with Crippen molar-refractivity contribution < 1.29 is 9.84 Å². The first kappa shape index (κ1) is 25.2. The average molecular weight is 503 g/mol. The summed E-state index contributed by atoms with van der Waals surface area (Å²) in [6.45, 7) is 8.14. The van der Waals surface area contributed by atoms with E-state index in [4.69, 9.17) is 9.73 Å². The number of hydrogen-bond acceptors (Lipinski definition) is 3. The Labute approximate surface area is 187 Å². The first-order valence-corrected chi connectivity index (χ1v) is 10.5. The van der Waals surface area contributed by atoms with Crippen LogP contribution in [0.15, 0.2) is 29.3 Å². The zero-order valence-corrected chi connectivity index (χ0v) is 19.8. The minimum Gasteiger partial charge on any atom is -0.396 e. The lowest BCUT2D eigenvalue weighted by Gasteiger charge is -2.37. The Morgan fingerprint density at radius 1 is 1.07 bits per heavy atom. The number of aliphatic hydroxyl groups is 1. The van der Waals surface area contributed by atoms with Crippen molar-refractivity contribution >= 4 is 29.9 Å². The maximum Gasteiger partial charge on any atom is 0.191 e. The van der Waals surface area contributed by atoms with Crippen LogP contribution in [0.5, 0.6) is 0 Å². The quantitative estimate of drug-likeness (QED) is 0.254. The monoisotopic (exact) mass is 503 g/mol. The topological polar surface area (TPSA) is 65.9 Å². The van der Waals surface area contributed by atoms with E-state index in [0.29, 0.717) is 13.2 Å². The molecular formula is C22H38IN3O2. The van der Waals surface area contributed by atoms with Crippen LogP contribution in [0.2, 0.25) is 0 Å². The molecule has 0 atom stereocenters. The highest BCUT2D eigenvalue weighted by Gasteiger charge is 2.31. The van der Waals surface area contributed by atoms with Crippen LogP contribution in [0.3, 0.4) is 0 Å². The molecular weight excluding hydrogens is 465 g/mol. The molecule has 0 aliphatic heterocycles. The van der Waals surface area contributed by atoms with Gasteiger partial charge in [0.2, 0.25) is 0 Å². The summed E-state index contributed by atoms with van der Waals surface area (Å²) in [6.07, 6.45) is 7.12. The first-order chi connectivity index (χ1) is 13.2. The van der Waals surface area contributed by atoms with Gasteiger partial charge < -0.3 is 20.5 Å². The van der Waals surface area contributed by atoms with Gasteiger partial charge in [0, 0.05) is 26.3 Å². The molecule has 0 amide bonds. The fourth-order valence-corrected chi connectivity index (χ4v) is 3.80. The number of nitrogens with zero attached hydrogens (tertiary/aromatic N) is 1. The minimum absolute atomic E-state index is 0. The molecule has 1 saturated carbocycles. The third kappa shape index (κ3) is 8.66. The van der Waals surface area contributed by atoms with Gasteiger partial charge in [0.25, 0.3) is 0 Å². The molecule has 6 heteroatoms. The zero-order chi connectivity index (χ0) is 19.4. The van der Waals surface area contributed by atoms with Gasteiger partial charge in [-0.15, -0.1) is 24.0 Å². The Bertz CT molecular complexity index is 552. The number of rotatable bonds is 10. The molecule has 2 rings (SSSR count). The molecule has 0 heterocycles. The fraction of sp³-hybridized carbons (Fsp3) is 0.682. The summed E-state index contributed by atoms with van der Waals surface area (Å²) < 4.78 is 5.44. The van der Waals surface area contributed by atoms with E-state index in [1.54, 1.807) is 0 Å². The van der Waals surface area contributed by atoms with E-state index in [9.17, 15) is 5.11 Å². The summed E-state index contributed by atoms with van der Waals surface area (Å²) in [5, 5.41) is 16.4. The predicted molar refractivity (Wildman–Crippen MR) is 127 cm³/mol. The van der Waals surface area contributed by atoms with Gasteiger partial charge >= 0.3 is 0 Å². The van der Waals surface area contributed by atoms with E-state index in [1.807, 2.05) is 6.92 Å². The number of aliphatic imine (C=N–C) groups is 1. The molecule has 28 heavy (non-hydrogen) atoms. The lowest BCUT2D eigenvalue weighted by molar-refractivity contribution is 0.131. The van der Waals surface area contributed by atoms with Gasteiger partial charge in [-0.3, -0.25) is 0 Å². The van der Waals surface area contributed by atoms with Crippen LogP contribution in [0, 0.1) is 5.41 Å². The van der Waals surface area contributed by atoms with Crippen molar-refractivity contribution in [3.05, 3.63) is 35.4 Å². The Morgan fingerprint density at radius 2 is 1.75 bits per heavy atom. The molecule has 0 unspecified atom stereocenters. The van der Waals surface area contributed by atoms with Crippen molar-refractivity contribution in [2.24, 2.45) is 10.4 Å². The van der Waals surface area contributed by atoms with Crippen molar-refractivity contribution in [2.45, 2.75) is 65.5 Å². The van der Waals surface area contributed by atoms with Crippen LogP contribution in [0.4, 0.5) is 0 Å². The van der Waals surface area contributed by atoms with Crippen LogP contribution >= 0.6 is 24.0 Å². The molecule has 5 nitrogen and oxygen atoms in total. The largest absolute Gasteiger partial charge is 0.396 e. The highest BCUT2D eigenvalue weighted by atomic mass is 127. The molecule has 1 aromatic carbocycles. The van der Waals surface area contributed by atoms with Crippen LogP contribution in [0.1, 0.15) is 63.5 Å². The van der Waals surface area contributed by atoms with Gasteiger partial charge in [0.05, 0.1) is 13.2 Å². The van der Waals surface area contributed by atoms with E-state index in [1.165, 1.54) is 43.2 Å². The minimum atomic E-state index is 0. The summed E-state index contributed by atoms with van der Waals surface area (Å²) in [4.78, 5) is 4.75. The third-order valence-corrected chi connectivity index (χ3v) is 5.45. The second-order valence-corrected chi connectivity index (χ2v) is 7.54. The van der Waals surface area contributed by atoms with Crippen LogP contribution in [-0.4, -0.2) is 37.4 Å². The highest BCUT2D eigenvalue weighted by molar-refractivity contribution is 14.0. The Hall–Kier alpha value is -0.860. The SMILES string of the molecule is CCNC(=NCc1ccc(COCC)cc1)NCC1(CCO)CCCCC1.I. The van der Waals surface area contributed by atoms with E-state index in [-0.39, 0.29) is 36.0 Å². The first-order valence-electron chi connectivity index (χ1n) is 10.5. The van der Waals surface area contributed by atoms with Gasteiger partial charge in [-0.05, 0) is 49.7 Å². The predicted octanol–water partition coefficient (Wildman–Crippen LogP) is 4.23. The summed E-state index contributed by atoms with van der Waals surface area (Å²) in [5.74, 6) is 0.860. The summed E-state index contributed by atoms with van der Waals surface area (Å²) in [7, 11) is 0. The smallest absolute Gasteiger partial charge is 0.191 e. The number of aliphatic hydroxyl groups excluding tert-OH is 1. The average Bonchev–Trinajstić information content (AvgIpc) is 2.70. The fourth-order valence-electron chi connectivity index (χ4n) is 3.80. The third-order valence-electron chi connectivity index (χ3n) is 5.45. The number of benzene rings is 1. The Morgan fingerprint density at radius 3 is 2.36 bits per heavy atom. The number of guanidine groups is 1. The second kappa shape index (κ2) is 14.2. The van der Waals surface area contributed by atoms with Gasteiger partial charge in [-0.25, -0.2) is 4.99 Å². The van der Waals surface area contributed by atoms with Gasteiger partial charge in [-0.1, -0.05) is 43.5 Å². The van der Waals surface area contributed by atoms with E-state index in [0.717, 1.165) is 32.1 Å². The number of nitrogens with one attached hydrogen (secondary N) is 2. The number of ether oxygens (including phenoxy) is 1. The second-order valence-electron chi connectivity index (χ2n) is 7.54. The zero-order valence-electron chi connectivity index (χ0n) is 17.5. The van der Waals surface area contributed by atoms with Gasteiger partial charge in [-0.2, -0.15) is 0 Å². The molecule has 1 aromatic rings. The number of halogens is 1. The molecule has 1 aliphatic carbocycles. The van der Waals surface area contributed by atoms with E-state index < -0.39 is 0 Å². The maximum atomic E-state index is 9.50. The summed E-state index contributed by atoms with van der Waals surface area (Å²) in [5.41, 5.74) is 2.59. The van der Waals surface area contributed by atoms with Gasteiger partial charge in [0.1, 0.15) is 0 Å². The maximum absolute atomic E-state index is 9.50. The van der Waals surface area contributed by atoms with Crippen molar-refractivity contribution in [1.82, 2.24) is 10.6 Å². The standard InChI is InChI=1S/C22H37N3O2.HI/c1-3-23-21(25-18-22(14-15-26)12-6-5-7-13-22)24-16-19-8-10-20(11-9-19)17-27-4-2;/h8-11,26H,3-7,12-18H2,1-2H3,(H2,23,24,25);1H. The van der Waals surface area contributed by atoms with Crippen LogP contribution in [0.25, 0.3) is 0 Å². The van der Waals surface area contributed by atoms with Crippen molar-refractivity contribution in [3.63, 3.8) is 0 Å². The lowest BCUT2D eigenvalue weighted by Crippen LogP contribution is -2.44. The molecule has 0 radical (unpaired) electrons. The molecule has 0 saturated heterocycles. The normalized spacial score (nSPS) is 16.3. The van der Waals surface area contributed by atoms with Crippen molar-refractivity contribution in [3.8, 4) is 0 Å².